The Morgan fingerprint density at radius 1 is 1.24 bits per heavy atom. The summed E-state index contributed by atoms with van der Waals surface area (Å²) in [5, 5.41) is 11.9. The molecule has 1 unspecified atom stereocenters. The third-order valence-corrected chi connectivity index (χ3v) is 4.71. The van der Waals surface area contributed by atoms with Crippen LogP contribution in [0.5, 0.6) is 0 Å². The molecule has 1 aliphatic heterocycles. The van der Waals surface area contributed by atoms with Crippen LogP contribution in [0.25, 0.3) is 0 Å². The highest BCUT2D eigenvalue weighted by Crippen LogP contribution is 2.30. The lowest BCUT2D eigenvalue weighted by Crippen LogP contribution is -2.52. The number of hydrogen-bond donors (Lipinski definition) is 2. The fourth-order valence-corrected chi connectivity index (χ4v) is 3.17. The molecule has 0 bridgehead atoms. The van der Waals surface area contributed by atoms with Crippen LogP contribution < -0.4 is 5.32 Å². The Labute approximate surface area is 125 Å². The highest BCUT2D eigenvalue weighted by atomic mass is 16.5. The highest BCUT2D eigenvalue weighted by molar-refractivity contribution is 5.77. The summed E-state index contributed by atoms with van der Waals surface area (Å²) in [6.45, 7) is 3.81. The number of morpholine rings is 1. The molecule has 0 radical (unpaired) electrons. The van der Waals surface area contributed by atoms with Gasteiger partial charge in [-0.05, 0) is 24.7 Å². The molecule has 2 aliphatic rings. The fourth-order valence-electron chi connectivity index (χ4n) is 3.17. The number of nitrogens with one attached hydrogen (secondary N) is 1. The summed E-state index contributed by atoms with van der Waals surface area (Å²) in [7, 11) is 0. The molecule has 2 amide bonds. The summed E-state index contributed by atoms with van der Waals surface area (Å²) in [6.07, 6.45) is 5.23. The molecule has 120 valence electrons. The van der Waals surface area contributed by atoms with Crippen molar-refractivity contribution in [2.24, 2.45) is 11.8 Å². The first kappa shape index (κ1) is 16.1. The lowest BCUT2D eigenvalue weighted by atomic mass is 9.81. The van der Waals surface area contributed by atoms with Crippen molar-refractivity contribution >= 4 is 12.0 Å². The quantitative estimate of drug-likeness (QED) is 0.828. The lowest BCUT2D eigenvalue weighted by molar-refractivity contribution is -0.154. The molecule has 1 atom stereocenters. The van der Waals surface area contributed by atoms with Gasteiger partial charge >= 0.3 is 12.0 Å². The minimum atomic E-state index is -1.01. The molecule has 1 aliphatic carbocycles. The number of amides is 2. The van der Waals surface area contributed by atoms with E-state index >= 15 is 0 Å². The van der Waals surface area contributed by atoms with Crippen molar-refractivity contribution in [3.05, 3.63) is 0 Å². The van der Waals surface area contributed by atoms with Crippen LogP contribution in [0.4, 0.5) is 4.79 Å². The van der Waals surface area contributed by atoms with Crippen LogP contribution in [-0.2, 0) is 9.53 Å². The van der Waals surface area contributed by atoms with Gasteiger partial charge in [0.25, 0.3) is 0 Å². The summed E-state index contributed by atoms with van der Waals surface area (Å²) >= 11 is 0. The molecule has 6 heteroatoms. The number of carbonyl (C=O) groups is 2. The van der Waals surface area contributed by atoms with Crippen LogP contribution in [0.3, 0.4) is 0 Å². The number of carboxylic acids is 1. The molecular weight excluding hydrogens is 272 g/mol. The van der Waals surface area contributed by atoms with E-state index in [4.69, 9.17) is 9.84 Å². The maximum atomic E-state index is 12.1. The molecule has 1 saturated carbocycles. The summed E-state index contributed by atoms with van der Waals surface area (Å²) < 4.78 is 5.12. The van der Waals surface area contributed by atoms with E-state index in [1.165, 1.54) is 32.1 Å². The zero-order chi connectivity index (χ0) is 15.2. The molecule has 21 heavy (non-hydrogen) atoms. The number of carbonyl (C=O) groups excluding carboxylic acids is 1. The number of hydrogen-bond acceptors (Lipinski definition) is 3. The molecule has 2 fully saturated rings. The first-order chi connectivity index (χ1) is 10.1. The van der Waals surface area contributed by atoms with Crippen LogP contribution in [0.2, 0.25) is 0 Å². The van der Waals surface area contributed by atoms with Crippen LogP contribution in [0, 0.1) is 11.8 Å². The van der Waals surface area contributed by atoms with E-state index in [1.807, 2.05) is 0 Å². The number of ether oxygens (including phenoxy) is 1. The molecule has 1 heterocycles. The predicted octanol–water partition coefficient (Wildman–Crippen LogP) is 1.70. The van der Waals surface area contributed by atoms with Crippen LogP contribution in [-0.4, -0.2) is 54.4 Å². The van der Waals surface area contributed by atoms with Crippen molar-refractivity contribution in [1.82, 2.24) is 10.2 Å². The third kappa shape index (κ3) is 4.59. The zero-order valence-electron chi connectivity index (χ0n) is 12.7. The second kappa shape index (κ2) is 7.64. The maximum absolute atomic E-state index is 12.1. The van der Waals surface area contributed by atoms with Gasteiger partial charge in [0.1, 0.15) is 0 Å². The van der Waals surface area contributed by atoms with Gasteiger partial charge in [0.2, 0.25) is 0 Å². The SMILES string of the molecule is CCC1CCC(CNC(=O)N2CCOC(C(=O)O)C2)CC1. The van der Waals surface area contributed by atoms with Gasteiger partial charge in [0.05, 0.1) is 13.2 Å². The molecule has 6 nitrogen and oxygen atoms in total. The Kier molecular flexibility index (Phi) is 5.85. The van der Waals surface area contributed by atoms with E-state index in [1.54, 1.807) is 4.90 Å². The molecule has 1 saturated heterocycles. The van der Waals surface area contributed by atoms with Crippen LogP contribution >= 0.6 is 0 Å². The second-order valence-electron chi connectivity index (χ2n) is 6.12. The Hall–Kier alpha value is -1.30. The molecule has 0 aromatic rings. The fraction of sp³-hybridized carbons (Fsp3) is 0.867. The van der Waals surface area contributed by atoms with Gasteiger partial charge in [-0.1, -0.05) is 26.2 Å². The second-order valence-corrected chi connectivity index (χ2v) is 6.12. The maximum Gasteiger partial charge on any atom is 0.334 e. The predicted molar refractivity (Wildman–Crippen MR) is 78.1 cm³/mol. The van der Waals surface area contributed by atoms with Gasteiger partial charge in [-0.15, -0.1) is 0 Å². The number of rotatable bonds is 4. The average molecular weight is 298 g/mol. The van der Waals surface area contributed by atoms with Gasteiger partial charge in [-0.3, -0.25) is 0 Å². The standard InChI is InChI=1S/C15H26N2O4/c1-2-11-3-5-12(6-4-11)9-16-15(20)17-7-8-21-13(10-17)14(18)19/h11-13H,2-10H2,1H3,(H,16,20)(H,18,19). The van der Waals surface area contributed by atoms with Gasteiger partial charge in [0, 0.05) is 13.1 Å². The van der Waals surface area contributed by atoms with Gasteiger partial charge in [0.15, 0.2) is 6.10 Å². The summed E-state index contributed by atoms with van der Waals surface area (Å²) in [5.41, 5.74) is 0. The van der Waals surface area contributed by atoms with E-state index < -0.39 is 12.1 Å². The molecule has 2 rings (SSSR count). The Morgan fingerprint density at radius 2 is 1.90 bits per heavy atom. The highest BCUT2D eigenvalue weighted by Gasteiger charge is 2.29. The summed E-state index contributed by atoms with van der Waals surface area (Å²) in [4.78, 5) is 24.5. The smallest absolute Gasteiger partial charge is 0.334 e. The average Bonchev–Trinajstić information content (AvgIpc) is 2.53. The summed E-state index contributed by atoms with van der Waals surface area (Å²) in [5.74, 6) is 0.408. The van der Waals surface area contributed by atoms with Crippen molar-refractivity contribution in [3.8, 4) is 0 Å². The minimum Gasteiger partial charge on any atom is -0.479 e. The molecule has 0 spiro atoms. The van der Waals surface area contributed by atoms with Crippen molar-refractivity contribution < 1.29 is 19.4 Å². The molecule has 2 N–H and O–H groups in total. The van der Waals surface area contributed by atoms with Crippen LogP contribution in [0.15, 0.2) is 0 Å². The topological polar surface area (TPSA) is 78.9 Å². The largest absolute Gasteiger partial charge is 0.479 e. The van der Waals surface area contributed by atoms with E-state index in [9.17, 15) is 9.59 Å². The third-order valence-electron chi connectivity index (χ3n) is 4.71. The van der Waals surface area contributed by atoms with Crippen molar-refractivity contribution in [3.63, 3.8) is 0 Å². The van der Waals surface area contributed by atoms with Gasteiger partial charge < -0.3 is 20.1 Å². The van der Waals surface area contributed by atoms with E-state index in [0.29, 0.717) is 19.0 Å². The molecular formula is C15H26N2O4. The first-order valence-electron chi connectivity index (χ1n) is 7.97. The van der Waals surface area contributed by atoms with Crippen molar-refractivity contribution in [1.29, 1.82) is 0 Å². The summed E-state index contributed by atoms with van der Waals surface area (Å²) in [6, 6.07) is -0.165. The Morgan fingerprint density at radius 3 is 2.52 bits per heavy atom. The van der Waals surface area contributed by atoms with E-state index in [0.717, 1.165) is 5.92 Å². The Bertz CT molecular complexity index is 367. The number of aliphatic carboxylic acids is 1. The first-order valence-corrected chi connectivity index (χ1v) is 7.97. The molecule has 0 aromatic heterocycles. The number of urea groups is 1. The van der Waals surface area contributed by atoms with Crippen LogP contribution in [0.1, 0.15) is 39.0 Å². The normalized spacial score (nSPS) is 30.0. The van der Waals surface area contributed by atoms with Gasteiger partial charge in [-0.2, -0.15) is 0 Å². The van der Waals surface area contributed by atoms with E-state index in [2.05, 4.69) is 12.2 Å². The Balaban J connectivity index is 1.71. The van der Waals surface area contributed by atoms with Crippen molar-refractivity contribution in [2.75, 3.05) is 26.2 Å². The molecule has 0 aromatic carbocycles. The monoisotopic (exact) mass is 298 g/mol. The van der Waals surface area contributed by atoms with Gasteiger partial charge in [-0.25, -0.2) is 9.59 Å². The number of nitrogens with zero attached hydrogens (tertiary/aromatic N) is 1. The van der Waals surface area contributed by atoms with E-state index in [-0.39, 0.29) is 19.2 Å². The zero-order valence-corrected chi connectivity index (χ0v) is 12.7. The number of carboxylic acid groups (broad SMARTS) is 1. The lowest BCUT2D eigenvalue weighted by Gasteiger charge is -2.32. The minimum absolute atomic E-state index is 0.129. The van der Waals surface area contributed by atoms with Crippen molar-refractivity contribution in [2.45, 2.75) is 45.1 Å².